The minimum absolute atomic E-state index is 0.166. The summed E-state index contributed by atoms with van der Waals surface area (Å²) in [4.78, 5) is 15.4. The first-order valence-electron chi connectivity index (χ1n) is 6.26. The molecule has 21 heavy (non-hydrogen) atoms. The third-order valence-corrected chi connectivity index (χ3v) is 3.27. The van der Waals surface area contributed by atoms with Gasteiger partial charge < -0.3 is 15.6 Å². The molecule has 3 N–H and O–H groups in total. The smallest absolute Gasteiger partial charge is 0.335 e. The number of para-hydroxylation sites is 1. The maximum atomic E-state index is 11.0. The summed E-state index contributed by atoms with van der Waals surface area (Å²) in [6.45, 7) is 0. The fraction of sp³-hybridized carbons (Fsp3) is 0.0667. The fourth-order valence-corrected chi connectivity index (χ4v) is 2.24. The predicted octanol–water partition coefficient (Wildman–Crippen LogP) is 2.29. The number of aromatic nitrogens is 2. The average Bonchev–Trinajstić information content (AvgIpc) is 2.83. The van der Waals surface area contributed by atoms with Gasteiger partial charge in [-0.2, -0.15) is 0 Å². The van der Waals surface area contributed by atoms with Crippen LogP contribution in [0.2, 0.25) is 0 Å². The minimum atomic E-state index is -1.00. The molecule has 0 bridgehead atoms. The summed E-state index contributed by atoms with van der Waals surface area (Å²) in [5, 5.41) is 9.03. The van der Waals surface area contributed by atoms with E-state index in [0.29, 0.717) is 22.9 Å². The molecular formula is C15H13N3O3. The lowest BCUT2D eigenvalue weighted by atomic mass is 10.1. The number of fused-ring (bicyclic) bond motifs is 1. The maximum Gasteiger partial charge on any atom is 0.335 e. The summed E-state index contributed by atoms with van der Waals surface area (Å²) in [7, 11) is 1.58. The van der Waals surface area contributed by atoms with Crippen molar-refractivity contribution in [3.05, 3.63) is 48.2 Å². The molecule has 0 aliphatic rings. The third-order valence-electron chi connectivity index (χ3n) is 3.27. The molecule has 0 fully saturated rings. The van der Waals surface area contributed by atoms with Crippen molar-refractivity contribution in [2.45, 2.75) is 0 Å². The van der Waals surface area contributed by atoms with Crippen LogP contribution in [0.4, 0.5) is 5.82 Å². The summed E-state index contributed by atoms with van der Waals surface area (Å²) >= 11 is 0. The molecule has 0 aliphatic carbocycles. The van der Waals surface area contributed by atoms with Crippen molar-refractivity contribution in [1.82, 2.24) is 9.38 Å². The Labute approximate surface area is 120 Å². The highest BCUT2D eigenvalue weighted by Crippen LogP contribution is 2.33. The Kier molecular flexibility index (Phi) is 2.98. The number of anilines is 1. The van der Waals surface area contributed by atoms with Crippen LogP contribution in [0.5, 0.6) is 5.75 Å². The predicted molar refractivity (Wildman–Crippen MR) is 78.6 cm³/mol. The highest BCUT2D eigenvalue weighted by Gasteiger charge is 2.16. The first-order valence-corrected chi connectivity index (χ1v) is 6.26. The zero-order chi connectivity index (χ0) is 15.0. The number of aromatic carboxylic acids is 1. The number of methoxy groups -OCH3 is 1. The number of carbonyl (C=O) groups is 1. The van der Waals surface area contributed by atoms with Crippen LogP contribution in [0.3, 0.4) is 0 Å². The molecule has 3 aromatic rings. The molecule has 6 nitrogen and oxygen atoms in total. The number of carboxylic acid groups (broad SMARTS) is 1. The van der Waals surface area contributed by atoms with Crippen LogP contribution in [0.15, 0.2) is 42.6 Å². The second kappa shape index (κ2) is 4.82. The lowest BCUT2D eigenvalue weighted by molar-refractivity contribution is 0.0697. The first kappa shape index (κ1) is 13.0. The molecular weight excluding hydrogens is 270 g/mol. The second-order valence-electron chi connectivity index (χ2n) is 4.49. The van der Waals surface area contributed by atoms with E-state index < -0.39 is 5.97 Å². The van der Waals surface area contributed by atoms with Gasteiger partial charge in [0.05, 0.1) is 12.7 Å². The Balaban J connectivity index is 2.24. The van der Waals surface area contributed by atoms with Gasteiger partial charge >= 0.3 is 5.97 Å². The molecule has 0 atom stereocenters. The highest BCUT2D eigenvalue weighted by atomic mass is 16.5. The molecule has 2 heterocycles. The van der Waals surface area contributed by atoms with E-state index in [1.165, 1.54) is 12.1 Å². The number of nitrogens with zero attached hydrogens (tertiary/aromatic N) is 2. The number of pyridine rings is 1. The molecule has 106 valence electrons. The fourth-order valence-electron chi connectivity index (χ4n) is 2.24. The SMILES string of the molecule is COc1ccccc1-c1nc2cc(C(=O)O)ccn2c1N. The van der Waals surface area contributed by atoms with Gasteiger partial charge in [0, 0.05) is 11.8 Å². The van der Waals surface area contributed by atoms with Crippen molar-refractivity contribution in [1.29, 1.82) is 0 Å². The Morgan fingerprint density at radius 3 is 2.81 bits per heavy atom. The first-order chi connectivity index (χ1) is 10.1. The van der Waals surface area contributed by atoms with Crippen molar-refractivity contribution in [2.24, 2.45) is 0 Å². The van der Waals surface area contributed by atoms with E-state index in [1.807, 2.05) is 24.3 Å². The number of nitrogens with two attached hydrogens (primary N) is 1. The summed E-state index contributed by atoms with van der Waals surface area (Å²) < 4.78 is 6.96. The van der Waals surface area contributed by atoms with Crippen LogP contribution in [0, 0.1) is 0 Å². The number of benzene rings is 1. The lowest BCUT2D eigenvalue weighted by Crippen LogP contribution is -1.99. The van der Waals surface area contributed by atoms with Crippen molar-refractivity contribution < 1.29 is 14.6 Å². The molecule has 0 spiro atoms. The van der Waals surface area contributed by atoms with Gasteiger partial charge in [0.25, 0.3) is 0 Å². The molecule has 0 radical (unpaired) electrons. The number of hydrogen-bond acceptors (Lipinski definition) is 4. The number of nitrogen functional groups attached to an aromatic ring is 1. The normalized spacial score (nSPS) is 10.7. The van der Waals surface area contributed by atoms with Crippen LogP contribution in [-0.2, 0) is 0 Å². The Bertz CT molecular complexity index is 839. The summed E-state index contributed by atoms with van der Waals surface area (Å²) in [5.41, 5.74) is 8.09. The number of rotatable bonds is 3. The van der Waals surface area contributed by atoms with Crippen molar-refractivity contribution >= 4 is 17.4 Å². The molecule has 0 aliphatic heterocycles. The van der Waals surface area contributed by atoms with Gasteiger partial charge in [0.1, 0.15) is 22.9 Å². The number of carboxylic acids is 1. The molecule has 3 rings (SSSR count). The average molecular weight is 283 g/mol. The van der Waals surface area contributed by atoms with Gasteiger partial charge in [-0.15, -0.1) is 0 Å². The standard InChI is InChI=1S/C15H13N3O3/c1-21-11-5-3-2-4-10(11)13-14(16)18-7-6-9(15(19)20)8-12(18)17-13/h2-8H,16H2,1H3,(H,19,20). The van der Waals surface area contributed by atoms with E-state index >= 15 is 0 Å². The van der Waals surface area contributed by atoms with Gasteiger partial charge in [-0.3, -0.25) is 4.40 Å². The van der Waals surface area contributed by atoms with Gasteiger partial charge in [-0.1, -0.05) is 12.1 Å². The molecule has 0 unspecified atom stereocenters. The van der Waals surface area contributed by atoms with E-state index in [9.17, 15) is 4.79 Å². The van der Waals surface area contributed by atoms with Crippen LogP contribution in [0.25, 0.3) is 16.9 Å². The highest BCUT2D eigenvalue weighted by molar-refractivity contribution is 5.89. The van der Waals surface area contributed by atoms with Crippen LogP contribution < -0.4 is 10.5 Å². The van der Waals surface area contributed by atoms with Crippen molar-refractivity contribution in [3.8, 4) is 17.0 Å². The monoisotopic (exact) mass is 283 g/mol. The molecule has 6 heteroatoms. The van der Waals surface area contributed by atoms with E-state index in [4.69, 9.17) is 15.6 Å². The van der Waals surface area contributed by atoms with Gasteiger partial charge in [0.2, 0.25) is 0 Å². The molecule has 0 saturated heterocycles. The quantitative estimate of drug-likeness (QED) is 0.769. The summed E-state index contributed by atoms with van der Waals surface area (Å²) in [6.07, 6.45) is 1.60. The van der Waals surface area contributed by atoms with Crippen LogP contribution in [-0.4, -0.2) is 27.6 Å². The minimum Gasteiger partial charge on any atom is -0.496 e. The topological polar surface area (TPSA) is 89.8 Å². The molecule has 2 aromatic heterocycles. The zero-order valence-electron chi connectivity index (χ0n) is 11.3. The van der Waals surface area contributed by atoms with E-state index in [1.54, 1.807) is 17.7 Å². The summed E-state index contributed by atoms with van der Waals surface area (Å²) in [6, 6.07) is 10.4. The zero-order valence-corrected chi connectivity index (χ0v) is 11.3. The van der Waals surface area contributed by atoms with E-state index in [0.717, 1.165) is 5.56 Å². The summed E-state index contributed by atoms with van der Waals surface area (Å²) in [5.74, 6) is 0.0930. The van der Waals surface area contributed by atoms with Gasteiger partial charge in [-0.05, 0) is 24.3 Å². The maximum absolute atomic E-state index is 11.0. The van der Waals surface area contributed by atoms with Crippen LogP contribution >= 0.6 is 0 Å². The Hall–Kier alpha value is -3.02. The molecule has 1 aromatic carbocycles. The lowest BCUT2D eigenvalue weighted by Gasteiger charge is -2.06. The van der Waals surface area contributed by atoms with Crippen LogP contribution in [0.1, 0.15) is 10.4 Å². The van der Waals surface area contributed by atoms with E-state index in [2.05, 4.69) is 4.98 Å². The Morgan fingerprint density at radius 2 is 2.10 bits per heavy atom. The molecule has 0 amide bonds. The number of ether oxygens (including phenoxy) is 1. The molecule has 0 saturated carbocycles. The number of imidazole rings is 1. The Morgan fingerprint density at radius 1 is 1.33 bits per heavy atom. The second-order valence-corrected chi connectivity index (χ2v) is 4.49. The van der Waals surface area contributed by atoms with E-state index in [-0.39, 0.29) is 5.56 Å². The largest absolute Gasteiger partial charge is 0.496 e. The van der Waals surface area contributed by atoms with Gasteiger partial charge in [0.15, 0.2) is 0 Å². The van der Waals surface area contributed by atoms with Gasteiger partial charge in [-0.25, -0.2) is 9.78 Å². The van der Waals surface area contributed by atoms with Crippen molar-refractivity contribution in [3.63, 3.8) is 0 Å². The number of hydrogen-bond donors (Lipinski definition) is 2. The van der Waals surface area contributed by atoms with Crippen molar-refractivity contribution in [2.75, 3.05) is 12.8 Å². The third kappa shape index (κ3) is 2.06.